The third-order valence-electron chi connectivity index (χ3n) is 2.20. The van der Waals surface area contributed by atoms with E-state index in [-0.39, 0.29) is 5.92 Å². The Balaban J connectivity index is 2.26. The molecule has 1 aliphatic carbocycles. The SMILES string of the molecule is N#C[C@H]1CCc2[nH]ncc2C1. The second-order valence-corrected chi connectivity index (χ2v) is 2.94. The highest BCUT2D eigenvalue weighted by Gasteiger charge is 2.18. The van der Waals surface area contributed by atoms with Gasteiger partial charge < -0.3 is 0 Å². The van der Waals surface area contributed by atoms with Crippen LogP contribution >= 0.6 is 0 Å². The molecule has 0 fully saturated rings. The van der Waals surface area contributed by atoms with Crippen LogP contribution in [0.25, 0.3) is 0 Å². The van der Waals surface area contributed by atoms with Crippen molar-refractivity contribution in [2.75, 3.05) is 0 Å². The second kappa shape index (κ2) is 2.39. The molecule has 0 saturated carbocycles. The molecule has 0 amide bonds. The summed E-state index contributed by atoms with van der Waals surface area (Å²) < 4.78 is 0. The summed E-state index contributed by atoms with van der Waals surface area (Å²) in [5, 5.41) is 15.6. The number of rotatable bonds is 0. The monoisotopic (exact) mass is 147 g/mol. The van der Waals surface area contributed by atoms with Crippen molar-refractivity contribution in [3.05, 3.63) is 17.5 Å². The molecule has 1 aliphatic rings. The molecule has 56 valence electrons. The van der Waals surface area contributed by atoms with E-state index >= 15 is 0 Å². The number of fused-ring (bicyclic) bond motifs is 1. The first-order valence-corrected chi connectivity index (χ1v) is 3.81. The minimum absolute atomic E-state index is 0.208. The first-order valence-electron chi connectivity index (χ1n) is 3.81. The summed E-state index contributed by atoms with van der Waals surface area (Å²) in [7, 11) is 0. The zero-order chi connectivity index (χ0) is 7.68. The summed E-state index contributed by atoms with van der Waals surface area (Å²) in [4.78, 5) is 0. The van der Waals surface area contributed by atoms with E-state index in [1.807, 2.05) is 6.20 Å². The van der Waals surface area contributed by atoms with E-state index in [0.29, 0.717) is 0 Å². The number of aryl methyl sites for hydroxylation is 1. The molecule has 0 radical (unpaired) electrons. The van der Waals surface area contributed by atoms with Crippen molar-refractivity contribution in [1.29, 1.82) is 5.26 Å². The summed E-state index contributed by atoms with van der Waals surface area (Å²) in [5.74, 6) is 0.208. The molecule has 11 heavy (non-hydrogen) atoms. The molecule has 1 N–H and O–H groups in total. The quantitative estimate of drug-likeness (QED) is 0.596. The van der Waals surface area contributed by atoms with E-state index in [0.717, 1.165) is 19.3 Å². The minimum Gasteiger partial charge on any atom is -0.282 e. The Hall–Kier alpha value is -1.30. The van der Waals surface area contributed by atoms with Crippen molar-refractivity contribution in [2.45, 2.75) is 19.3 Å². The first-order chi connectivity index (χ1) is 5.40. The summed E-state index contributed by atoms with van der Waals surface area (Å²) in [5.41, 5.74) is 2.44. The fourth-order valence-electron chi connectivity index (χ4n) is 1.53. The standard InChI is InChI=1S/C8H9N3/c9-4-6-1-2-8-7(3-6)5-10-11-8/h5-6H,1-3H2,(H,10,11)/t6-/m0/s1. The molecule has 1 aromatic rings. The van der Waals surface area contributed by atoms with Gasteiger partial charge in [0, 0.05) is 5.69 Å². The molecular formula is C8H9N3. The van der Waals surface area contributed by atoms with Crippen molar-refractivity contribution in [3.63, 3.8) is 0 Å². The van der Waals surface area contributed by atoms with Gasteiger partial charge in [-0.1, -0.05) is 0 Å². The summed E-state index contributed by atoms with van der Waals surface area (Å²) >= 11 is 0. The van der Waals surface area contributed by atoms with Crippen LogP contribution in [0.5, 0.6) is 0 Å². The van der Waals surface area contributed by atoms with Gasteiger partial charge in [0.2, 0.25) is 0 Å². The molecule has 0 spiro atoms. The van der Waals surface area contributed by atoms with Gasteiger partial charge in [-0.25, -0.2) is 0 Å². The minimum atomic E-state index is 0.208. The van der Waals surface area contributed by atoms with E-state index in [1.165, 1.54) is 11.3 Å². The Kier molecular flexibility index (Phi) is 1.39. The zero-order valence-electron chi connectivity index (χ0n) is 6.17. The lowest BCUT2D eigenvalue weighted by molar-refractivity contribution is 0.559. The lowest BCUT2D eigenvalue weighted by atomic mass is 9.89. The molecule has 1 aromatic heterocycles. The van der Waals surface area contributed by atoms with Crippen molar-refractivity contribution in [3.8, 4) is 6.07 Å². The molecule has 3 nitrogen and oxygen atoms in total. The van der Waals surface area contributed by atoms with Crippen molar-refractivity contribution >= 4 is 0 Å². The maximum atomic E-state index is 8.67. The molecule has 0 aliphatic heterocycles. The van der Waals surface area contributed by atoms with Crippen LogP contribution in [0.15, 0.2) is 6.20 Å². The highest BCUT2D eigenvalue weighted by molar-refractivity contribution is 5.21. The third kappa shape index (κ3) is 1.01. The zero-order valence-corrected chi connectivity index (χ0v) is 6.17. The van der Waals surface area contributed by atoms with E-state index in [2.05, 4.69) is 16.3 Å². The number of hydrogen-bond donors (Lipinski definition) is 1. The molecule has 1 atom stereocenters. The number of nitrogens with zero attached hydrogens (tertiary/aromatic N) is 2. The van der Waals surface area contributed by atoms with Gasteiger partial charge in [0.1, 0.15) is 0 Å². The molecule has 0 bridgehead atoms. The average molecular weight is 147 g/mol. The number of aromatic nitrogens is 2. The van der Waals surface area contributed by atoms with Crippen molar-refractivity contribution < 1.29 is 0 Å². The predicted octanol–water partition coefficient (Wildman–Crippen LogP) is 1.04. The summed E-state index contributed by atoms with van der Waals surface area (Å²) in [6.07, 6.45) is 4.67. The van der Waals surface area contributed by atoms with Gasteiger partial charge in [0.15, 0.2) is 0 Å². The molecule has 2 rings (SSSR count). The lowest BCUT2D eigenvalue weighted by Crippen LogP contribution is -2.11. The van der Waals surface area contributed by atoms with Gasteiger partial charge >= 0.3 is 0 Å². The van der Waals surface area contributed by atoms with Crippen LogP contribution in [-0.4, -0.2) is 10.2 Å². The van der Waals surface area contributed by atoms with Gasteiger partial charge in [0.25, 0.3) is 0 Å². The number of H-pyrrole nitrogens is 1. The maximum absolute atomic E-state index is 8.67. The van der Waals surface area contributed by atoms with Crippen LogP contribution in [0.4, 0.5) is 0 Å². The van der Waals surface area contributed by atoms with Crippen LogP contribution in [0.2, 0.25) is 0 Å². The molecule has 0 unspecified atom stereocenters. The van der Waals surface area contributed by atoms with Crippen molar-refractivity contribution in [2.24, 2.45) is 5.92 Å². The van der Waals surface area contributed by atoms with Crippen LogP contribution in [0.1, 0.15) is 17.7 Å². The Bertz CT molecular complexity index is 295. The van der Waals surface area contributed by atoms with Crippen LogP contribution in [0, 0.1) is 17.2 Å². The predicted molar refractivity (Wildman–Crippen MR) is 39.7 cm³/mol. The Morgan fingerprint density at radius 1 is 1.73 bits per heavy atom. The number of nitrogens with one attached hydrogen (secondary N) is 1. The van der Waals surface area contributed by atoms with E-state index in [9.17, 15) is 0 Å². The summed E-state index contributed by atoms with van der Waals surface area (Å²) in [6, 6.07) is 2.29. The number of nitriles is 1. The molecule has 0 aromatic carbocycles. The Labute approximate surface area is 65.0 Å². The van der Waals surface area contributed by atoms with Gasteiger partial charge in [-0.15, -0.1) is 0 Å². The topological polar surface area (TPSA) is 52.5 Å². The lowest BCUT2D eigenvalue weighted by Gasteiger charge is -2.14. The van der Waals surface area contributed by atoms with E-state index in [1.54, 1.807) is 0 Å². The Morgan fingerprint density at radius 2 is 2.64 bits per heavy atom. The Morgan fingerprint density at radius 3 is 3.45 bits per heavy atom. The average Bonchev–Trinajstić information content (AvgIpc) is 2.50. The van der Waals surface area contributed by atoms with E-state index in [4.69, 9.17) is 5.26 Å². The molecule has 1 heterocycles. The maximum Gasteiger partial charge on any atom is 0.0659 e. The van der Waals surface area contributed by atoms with Gasteiger partial charge in [-0.2, -0.15) is 10.4 Å². The largest absolute Gasteiger partial charge is 0.282 e. The highest BCUT2D eigenvalue weighted by Crippen LogP contribution is 2.22. The van der Waals surface area contributed by atoms with Gasteiger partial charge in [0.05, 0.1) is 18.2 Å². The van der Waals surface area contributed by atoms with Crippen LogP contribution in [-0.2, 0) is 12.8 Å². The smallest absolute Gasteiger partial charge is 0.0659 e. The van der Waals surface area contributed by atoms with Crippen molar-refractivity contribution in [1.82, 2.24) is 10.2 Å². The molecule has 3 heteroatoms. The van der Waals surface area contributed by atoms with Gasteiger partial charge in [-0.05, 0) is 24.8 Å². The number of aromatic amines is 1. The van der Waals surface area contributed by atoms with E-state index < -0.39 is 0 Å². The van der Waals surface area contributed by atoms with Gasteiger partial charge in [-0.3, -0.25) is 5.10 Å². The fourth-order valence-corrected chi connectivity index (χ4v) is 1.53. The van der Waals surface area contributed by atoms with Crippen LogP contribution in [0.3, 0.4) is 0 Å². The molecular weight excluding hydrogens is 138 g/mol. The normalized spacial score (nSPS) is 22.3. The second-order valence-electron chi connectivity index (χ2n) is 2.94. The van der Waals surface area contributed by atoms with Crippen LogP contribution < -0.4 is 0 Å². The number of hydrogen-bond acceptors (Lipinski definition) is 2. The highest BCUT2D eigenvalue weighted by atomic mass is 15.1. The third-order valence-corrected chi connectivity index (χ3v) is 2.20. The fraction of sp³-hybridized carbons (Fsp3) is 0.500. The summed E-state index contributed by atoms with van der Waals surface area (Å²) in [6.45, 7) is 0. The molecule has 0 saturated heterocycles. The first kappa shape index (κ1) is 6.41.